The highest BCUT2D eigenvalue weighted by atomic mass is 16.5. The van der Waals surface area contributed by atoms with E-state index in [2.05, 4.69) is 15.6 Å². The molecule has 2 heterocycles. The largest absolute Gasteiger partial charge is 0.488 e. The van der Waals surface area contributed by atoms with Gasteiger partial charge in [0.25, 0.3) is 0 Å². The van der Waals surface area contributed by atoms with Crippen molar-refractivity contribution < 1.29 is 10.6 Å². The van der Waals surface area contributed by atoms with E-state index in [1.165, 1.54) is 7.05 Å². The standard InChI is InChI=1S/C14H15N5O3/c1-9-6-4-5-7-12(9)21-8-11-10(2)22-15-13(11)19-14(20)18(3)16-17-19/h4-7H,8H2,1-3H3/i4T. The Balaban J connectivity index is 1.90. The summed E-state index contributed by atoms with van der Waals surface area (Å²) < 4.78 is 20.7. The molecule has 0 aliphatic rings. The maximum atomic E-state index is 12.0. The molecule has 0 radical (unpaired) electrons. The van der Waals surface area contributed by atoms with Crippen molar-refractivity contribution in [2.24, 2.45) is 7.05 Å². The predicted octanol–water partition coefficient (Wildman–Crippen LogP) is 1.15. The number of hydrogen-bond donors (Lipinski definition) is 0. The molecule has 22 heavy (non-hydrogen) atoms. The van der Waals surface area contributed by atoms with E-state index in [-0.39, 0.29) is 12.4 Å². The van der Waals surface area contributed by atoms with Gasteiger partial charge in [-0.3, -0.25) is 0 Å². The van der Waals surface area contributed by atoms with Crippen LogP contribution in [0.3, 0.4) is 0 Å². The molecule has 3 rings (SSSR count). The van der Waals surface area contributed by atoms with E-state index < -0.39 is 5.69 Å². The fourth-order valence-electron chi connectivity index (χ4n) is 1.97. The van der Waals surface area contributed by atoms with Crippen molar-refractivity contribution in [2.45, 2.75) is 20.5 Å². The van der Waals surface area contributed by atoms with Crippen molar-refractivity contribution >= 4 is 0 Å². The van der Waals surface area contributed by atoms with Crippen molar-refractivity contribution in [1.82, 2.24) is 24.9 Å². The SMILES string of the molecule is [3H]c1ccc(OCc2c(-n3nnn(C)c3=O)noc2C)c(C)c1. The van der Waals surface area contributed by atoms with Gasteiger partial charge in [-0.15, -0.1) is 4.68 Å². The van der Waals surface area contributed by atoms with Crippen LogP contribution in [0, 0.1) is 13.8 Å². The van der Waals surface area contributed by atoms with Gasteiger partial charge >= 0.3 is 5.69 Å². The topological polar surface area (TPSA) is 88.0 Å². The highest BCUT2D eigenvalue weighted by Gasteiger charge is 2.19. The van der Waals surface area contributed by atoms with Crippen LogP contribution in [0.4, 0.5) is 0 Å². The Kier molecular flexibility index (Phi) is 3.19. The van der Waals surface area contributed by atoms with Crippen LogP contribution in [0.15, 0.2) is 33.6 Å². The average molecular weight is 303 g/mol. The van der Waals surface area contributed by atoms with E-state index in [1.54, 1.807) is 25.1 Å². The lowest BCUT2D eigenvalue weighted by molar-refractivity contribution is 0.300. The van der Waals surface area contributed by atoms with Gasteiger partial charge in [0.05, 0.1) is 6.93 Å². The predicted molar refractivity (Wildman–Crippen MR) is 76.9 cm³/mol. The minimum atomic E-state index is -0.422. The average Bonchev–Trinajstić information content (AvgIpc) is 3.02. The second-order valence-corrected chi connectivity index (χ2v) is 4.82. The minimum Gasteiger partial charge on any atom is -0.488 e. The molecule has 0 aliphatic heterocycles. The number of aryl methyl sites for hydroxylation is 3. The van der Waals surface area contributed by atoms with Gasteiger partial charge in [0.2, 0.25) is 5.82 Å². The normalized spacial score (nSPS) is 11.5. The Morgan fingerprint density at radius 3 is 2.86 bits per heavy atom. The molecule has 8 nitrogen and oxygen atoms in total. The van der Waals surface area contributed by atoms with Crippen LogP contribution in [0.1, 0.15) is 18.3 Å². The van der Waals surface area contributed by atoms with Crippen molar-refractivity contribution in [3.63, 3.8) is 0 Å². The van der Waals surface area contributed by atoms with Gasteiger partial charge in [0, 0.05) is 7.05 Å². The van der Waals surface area contributed by atoms with E-state index >= 15 is 0 Å². The molecule has 0 saturated carbocycles. The number of nitrogens with zero attached hydrogens (tertiary/aromatic N) is 5. The van der Waals surface area contributed by atoms with Gasteiger partial charge in [-0.2, -0.15) is 4.68 Å². The summed E-state index contributed by atoms with van der Waals surface area (Å²) in [6, 6.07) is 5.51. The first-order valence-electron chi connectivity index (χ1n) is 7.12. The quantitative estimate of drug-likeness (QED) is 0.718. The fourth-order valence-corrected chi connectivity index (χ4v) is 1.97. The first kappa shape index (κ1) is 12.8. The third kappa shape index (κ3) is 2.39. The second kappa shape index (κ2) is 5.47. The van der Waals surface area contributed by atoms with Gasteiger partial charge in [0.15, 0.2) is 0 Å². The molecule has 8 heteroatoms. The van der Waals surface area contributed by atoms with Crippen LogP contribution in [0.25, 0.3) is 5.82 Å². The molecule has 0 saturated heterocycles. The molecule has 3 aromatic rings. The summed E-state index contributed by atoms with van der Waals surface area (Å²) in [4.78, 5) is 12.0. The van der Waals surface area contributed by atoms with E-state index in [1.807, 2.05) is 6.92 Å². The molecule has 0 atom stereocenters. The molecular formula is C14H15N5O3. The smallest absolute Gasteiger partial charge is 0.369 e. The Morgan fingerprint density at radius 2 is 2.18 bits per heavy atom. The maximum absolute atomic E-state index is 12.0. The van der Waals surface area contributed by atoms with Gasteiger partial charge in [-0.05, 0) is 35.9 Å². The summed E-state index contributed by atoms with van der Waals surface area (Å²) in [5.74, 6) is 1.45. The number of ether oxygens (including phenoxy) is 1. The number of aromatic nitrogens is 5. The van der Waals surface area contributed by atoms with Crippen LogP contribution in [-0.4, -0.2) is 24.9 Å². The van der Waals surface area contributed by atoms with Gasteiger partial charge in [-0.25, -0.2) is 4.79 Å². The molecule has 0 N–H and O–H groups in total. The van der Waals surface area contributed by atoms with Crippen molar-refractivity contribution in [3.05, 3.63) is 51.6 Å². The Bertz CT molecular complexity index is 912. The lowest BCUT2D eigenvalue weighted by Crippen LogP contribution is -2.23. The fraction of sp³-hybridized carbons (Fsp3) is 0.286. The molecule has 0 unspecified atom stereocenters. The summed E-state index contributed by atoms with van der Waals surface area (Å²) in [5, 5.41) is 11.3. The molecule has 0 fully saturated rings. The lowest BCUT2D eigenvalue weighted by Gasteiger charge is -2.08. The number of para-hydroxylation sites is 1. The molecule has 2 aromatic heterocycles. The molecule has 1 aromatic carbocycles. The van der Waals surface area contributed by atoms with Crippen LogP contribution >= 0.6 is 0 Å². The zero-order valence-electron chi connectivity index (χ0n) is 13.4. The van der Waals surface area contributed by atoms with Crippen molar-refractivity contribution in [3.8, 4) is 11.6 Å². The first-order chi connectivity index (χ1) is 11.0. The number of tetrazole rings is 1. The summed E-state index contributed by atoms with van der Waals surface area (Å²) in [7, 11) is 1.50. The van der Waals surface area contributed by atoms with Crippen molar-refractivity contribution in [2.75, 3.05) is 0 Å². The Hall–Kier alpha value is -2.90. The zero-order valence-corrected chi connectivity index (χ0v) is 12.4. The van der Waals surface area contributed by atoms with Gasteiger partial charge < -0.3 is 9.26 Å². The van der Waals surface area contributed by atoms with Gasteiger partial charge in [0.1, 0.15) is 18.1 Å². The van der Waals surface area contributed by atoms with Crippen LogP contribution in [0.2, 0.25) is 0 Å². The summed E-state index contributed by atoms with van der Waals surface area (Å²) >= 11 is 0. The molecule has 0 bridgehead atoms. The Morgan fingerprint density at radius 1 is 1.36 bits per heavy atom. The minimum absolute atomic E-state index is 0.159. The Labute approximate surface area is 127 Å². The molecular weight excluding hydrogens is 286 g/mol. The van der Waals surface area contributed by atoms with Crippen molar-refractivity contribution in [1.29, 1.82) is 0 Å². The monoisotopic (exact) mass is 303 g/mol. The number of hydrogen-bond acceptors (Lipinski definition) is 6. The first-order valence-corrected chi connectivity index (χ1v) is 6.62. The third-order valence-corrected chi connectivity index (χ3v) is 3.28. The van der Waals surface area contributed by atoms with E-state index in [0.29, 0.717) is 23.1 Å². The lowest BCUT2D eigenvalue weighted by atomic mass is 10.2. The van der Waals surface area contributed by atoms with E-state index in [9.17, 15) is 4.79 Å². The maximum Gasteiger partial charge on any atom is 0.369 e. The van der Waals surface area contributed by atoms with Crippen LogP contribution < -0.4 is 10.4 Å². The van der Waals surface area contributed by atoms with Crippen LogP contribution in [-0.2, 0) is 13.7 Å². The molecule has 0 aliphatic carbocycles. The summed E-state index contributed by atoms with van der Waals surface area (Å²) in [6.45, 7) is 3.75. The van der Waals surface area contributed by atoms with Gasteiger partial charge in [-0.1, -0.05) is 23.3 Å². The number of benzene rings is 1. The zero-order chi connectivity index (χ0) is 16.6. The number of rotatable bonds is 4. The summed E-state index contributed by atoms with van der Waals surface area (Å²) in [5.41, 5.74) is 1.04. The van der Waals surface area contributed by atoms with Crippen LogP contribution in [0.5, 0.6) is 5.75 Å². The molecule has 0 spiro atoms. The highest BCUT2D eigenvalue weighted by molar-refractivity contribution is 5.35. The van der Waals surface area contributed by atoms with E-state index in [0.717, 1.165) is 14.9 Å². The molecule has 114 valence electrons. The molecule has 0 amide bonds. The van der Waals surface area contributed by atoms with E-state index in [4.69, 9.17) is 10.6 Å². The second-order valence-electron chi connectivity index (χ2n) is 4.82. The third-order valence-electron chi connectivity index (χ3n) is 3.28. The highest BCUT2D eigenvalue weighted by Crippen LogP contribution is 2.21. The summed E-state index contributed by atoms with van der Waals surface area (Å²) in [6.07, 6.45) is 0.